The third-order valence-electron chi connectivity index (χ3n) is 3.58. The number of halogens is 1. The lowest BCUT2D eigenvalue weighted by atomic mass is 9.92. The molecule has 0 N–H and O–H groups in total. The molecule has 0 radical (unpaired) electrons. The Morgan fingerprint density at radius 1 is 1.56 bits per heavy atom. The average Bonchev–Trinajstić information content (AvgIpc) is 2.73. The van der Waals surface area contributed by atoms with Crippen LogP contribution in [-0.2, 0) is 12.4 Å². The van der Waals surface area contributed by atoms with Gasteiger partial charge in [0.15, 0.2) is 0 Å². The van der Waals surface area contributed by atoms with Gasteiger partial charge in [0.05, 0.1) is 18.1 Å². The molecule has 1 fully saturated rings. The molecule has 0 amide bonds. The standard InChI is InChI=1S/C12H19ClN2S/c1-9-4-3-5-15(10(9)2)7-12-14-11(6-13)8-16-12/h8-10H,3-7H2,1-2H3. The highest BCUT2D eigenvalue weighted by atomic mass is 35.5. The minimum absolute atomic E-state index is 0.530. The van der Waals surface area contributed by atoms with Crippen molar-refractivity contribution in [2.24, 2.45) is 5.92 Å². The summed E-state index contributed by atoms with van der Waals surface area (Å²) >= 11 is 7.50. The van der Waals surface area contributed by atoms with E-state index >= 15 is 0 Å². The van der Waals surface area contributed by atoms with Crippen LogP contribution in [0.25, 0.3) is 0 Å². The highest BCUT2D eigenvalue weighted by Gasteiger charge is 2.25. The molecule has 1 saturated heterocycles. The second-order valence-corrected chi connectivity index (χ2v) is 5.91. The van der Waals surface area contributed by atoms with Gasteiger partial charge in [0, 0.05) is 11.4 Å². The maximum absolute atomic E-state index is 5.77. The van der Waals surface area contributed by atoms with Crippen molar-refractivity contribution in [3.63, 3.8) is 0 Å². The molecule has 90 valence electrons. The average molecular weight is 259 g/mol. The molecule has 0 saturated carbocycles. The Hall–Kier alpha value is -0.120. The molecule has 2 unspecified atom stereocenters. The Bertz CT molecular complexity index is 340. The molecule has 0 spiro atoms. The predicted molar refractivity (Wildman–Crippen MR) is 69.9 cm³/mol. The summed E-state index contributed by atoms with van der Waals surface area (Å²) in [5.41, 5.74) is 1.01. The lowest BCUT2D eigenvalue weighted by molar-refractivity contribution is 0.106. The Morgan fingerprint density at radius 3 is 3.06 bits per heavy atom. The summed E-state index contributed by atoms with van der Waals surface area (Å²) in [6, 6.07) is 0.678. The molecule has 2 rings (SSSR count). The quantitative estimate of drug-likeness (QED) is 0.772. The van der Waals surface area contributed by atoms with E-state index in [9.17, 15) is 0 Å². The molecule has 0 aromatic carbocycles. The van der Waals surface area contributed by atoms with Gasteiger partial charge in [-0.3, -0.25) is 4.90 Å². The van der Waals surface area contributed by atoms with Gasteiger partial charge in [-0.2, -0.15) is 0 Å². The van der Waals surface area contributed by atoms with Gasteiger partial charge in [0.25, 0.3) is 0 Å². The monoisotopic (exact) mass is 258 g/mol. The van der Waals surface area contributed by atoms with Crippen molar-refractivity contribution in [3.05, 3.63) is 16.1 Å². The van der Waals surface area contributed by atoms with Crippen molar-refractivity contribution in [3.8, 4) is 0 Å². The minimum Gasteiger partial charge on any atom is -0.294 e. The highest BCUT2D eigenvalue weighted by molar-refractivity contribution is 7.09. The fraction of sp³-hybridized carbons (Fsp3) is 0.750. The van der Waals surface area contributed by atoms with Gasteiger partial charge < -0.3 is 0 Å². The molecule has 0 bridgehead atoms. The van der Waals surface area contributed by atoms with Crippen LogP contribution in [0.4, 0.5) is 0 Å². The number of likely N-dealkylation sites (tertiary alicyclic amines) is 1. The summed E-state index contributed by atoms with van der Waals surface area (Å²) < 4.78 is 0. The number of thiazole rings is 1. The Labute approximate surface area is 107 Å². The van der Waals surface area contributed by atoms with Gasteiger partial charge in [-0.15, -0.1) is 22.9 Å². The number of nitrogens with zero attached hydrogens (tertiary/aromatic N) is 2. The zero-order valence-electron chi connectivity index (χ0n) is 9.95. The number of aromatic nitrogens is 1. The molecule has 4 heteroatoms. The van der Waals surface area contributed by atoms with E-state index in [-0.39, 0.29) is 0 Å². The third kappa shape index (κ3) is 2.76. The normalized spacial score (nSPS) is 27.2. The fourth-order valence-electron chi connectivity index (χ4n) is 2.30. The molecule has 2 nitrogen and oxygen atoms in total. The van der Waals surface area contributed by atoms with Crippen LogP contribution in [0.15, 0.2) is 5.38 Å². The van der Waals surface area contributed by atoms with Crippen LogP contribution in [0.1, 0.15) is 37.4 Å². The van der Waals surface area contributed by atoms with Crippen molar-refractivity contribution >= 4 is 22.9 Å². The Balaban J connectivity index is 1.97. The van der Waals surface area contributed by atoms with Crippen molar-refractivity contribution in [1.82, 2.24) is 9.88 Å². The number of rotatable bonds is 3. The number of hydrogen-bond donors (Lipinski definition) is 0. The van der Waals surface area contributed by atoms with Crippen LogP contribution in [0.5, 0.6) is 0 Å². The predicted octanol–water partition coefficient (Wildman–Crippen LogP) is 3.50. The number of alkyl halides is 1. The van der Waals surface area contributed by atoms with Gasteiger partial charge in [0.2, 0.25) is 0 Å². The van der Waals surface area contributed by atoms with Gasteiger partial charge in [-0.25, -0.2) is 4.98 Å². The van der Waals surface area contributed by atoms with E-state index in [2.05, 4.69) is 29.1 Å². The lowest BCUT2D eigenvalue weighted by Crippen LogP contribution is -2.41. The van der Waals surface area contributed by atoms with Crippen molar-refractivity contribution in [1.29, 1.82) is 0 Å². The summed E-state index contributed by atoms with van der Waals surface area (Å²) in [5.74, 6) is 1.34. The van der Waals surface area contributed by atoms with Crippen LogP contribution in [0.3, 0.4) is 0 Å². The second kappa shape index (κ2) is 5.48. The molecule has 1 aromatic heterocycles. The number of piperidine rings is 1. The summed E-state index contributed by atoms with van der Waals surface area (Å²) in [6.07, 6.45) is 2.68. The first kappa shape index (κ1) is 12.3. The van der Waals surface area contributed by atoms with Gasteiger partial charge in [-0.1, -0.05) is 6.92 Å². The molecule has 1 aliphatic rings. The minimum atomic E-state index is 0.530. The van der Waals surface area contributed by atoms with Crippen LogP contribution in [-0.4, -0.2) is 22.5 Å². The Kier molecular flexibility index (Phi) is 4.22. The Morgan fingerprint density at radius 2 is 2.38 bits per heavy atom. The summed E-state index contributed by atoms with van der Waals surface area (Å²) in [7, 11) is 0. The molecular formula is C12H19ClN2S. The third-order valence-corrected chi connectivity index (χ3v) is 4.74. The molecule has 2 atom stereocenters. The first-order valence-electron chi connectivity index (χ1n) is 5.94. The lowest BCUT2D eigenvalue weighted by Gasteiger charge is -2.37. The maximum Gasteiger partial charge on any atom is 0.107 e. The van der Waals surface area contributed by atoms with Crippen LogP contribution >= 0.6 is 22.9 Å². The molecule has 1 aromatic rings. The summed E-state index contributed by atoms with van der Waals surface area (Å²) in [5, 5.41) is 3.28. The van der Waals surface area contributed by atoms with Crippen molar-refractivity contribution in [2.45, 2.75) is 45.2 Å². The number of hydrogen-bond acceptors (Lipinski definition) is 3. The fourth-order valence-corrected chi connectivity index (χ4v) is 3.35. The molecule has 2 heterocycles. The van der Waals surface area contributed by atoms with E-state index in [0.29, 0.717) is 11.9 Å². The smallest absolute Gasteiger partial charge is 0.107 e. The van der Waals surface area contributed by atoms with Gasteiger partial charge >= 0.3 is 0 Å². The van der Waals surface area contributed by atoms with Crippen molar-refractivity contribution in [2.75, 3.05) is 6.54 Å². The van der Waals surface area contributed by atoms with E-state index in [1.54, 1.807) is 11.3 Å². The molecule has 1 aliphatic heterocycles. The highest BCUT2D eigenvalue weighted by Crippen LogP contribution is 2.25. The van der Waals surface area contributed by atoms with E-state index < -0.39 is 0 Å². The maximum atomic E-state index is 5.77. The zero-order valence-corrected chi connectivity index (χ0v) is 11.5. The van der Waals surface area contributed by atoms with E-state index in [1.807, 2.05) is 0 Å². The van der Waals surface area contributed by atoms with Crippen LogP contribution < -0.4 is 0 Å². The van der Waals surface area contributed by atoms with Gasteiger partial charge in [0.1, 0.15) is 5.01 Å². The molecule has 16 heavy (non-hydrogen) atoms. The summed E-state index contributed by atoms with van der Waals surface area (Å²) in [4.78, 5) is 7.07. The molecular weight excluding hydrogens is 240 g/mol. The molecule has 0 aliphatic carbocycles. The van der Waals surface area contributed by atoms with Crippen LogP contribution in [0.2, 0.25) is 0 Å². The van der Waals surface area contributed by atoms with Crippen molar-refractivity contribution < 1.29 is 0 Å². The van der Waals surface area contributed by atoms with E-state index in [1.165, 1.54) is 24.4 Å². The van der Waals surface area contributed by atoms with E-state index in [0.717, 1.165) is 18.2 Å². The SMILES string of the molecule is CC1CCCN(Cc2nc(CCl)cs2)C1C. The second-order valence-electron chi connectivity index (χ2n) is 4.70. The van der Waals surface area contributed by atoms with Gasteiger partial charge in [-0.05, 0) is 32.2 Å². The first-order valence-corrected chi connectivity index (χ1v) is 7.35. The largest absolute Gasteiger partial charge is 0.294 e. The first-order chi connectivity index (χ1) is 7.70. The van der Waals surface area contributed by atoms with E-state index in [4.69, 9.17) is 11.6 Å². The zero-order chi connectivity index (χ0) is 11.5. The van der Waals surface area contributed by atoms with Crippen LogP contribution in [0, 0.1) is 5.92 Å². The summed E-state index contributed by atoms with van der Waals surface area (Å²) in [6.45, 7) is 6.89. The topological polar surface area (TPSA) is 16.1 Å².